The number of hydrogen-bond acceptors (Lipinski definition) is 3. The zero-order valence-electron chi connectivity index (χ0n) is 11.8. The number of nitriles is 1. The van der Waals surface area contributed by atoms with E-state index in [9.17, 15) is 5.26 Å². The van der Waals surface area contributed by atoms with Gasteiger partial charge in [-0.15, -0.1) is 11.3 Å². The molecule has 0 amide bonds. The number of rotatable bonds is 6. The Kier molecular flexibility index (Phi) is 5.86. The Labute approximate surface area is 134 Å². The van der Waals surface area contributed by atoms with Crippen LogP contribution in [0.5, 0.6) is 5.75 Å². The molecule has 2 aromatic rings. The highest BCUT2D eigenvalue weighted by atomic mass is 35.5. The molecule has 0 aliphatic rings. The minimum atomic E-state index is 0.472. The first kappa shape index (κ1) is 15.6. The zero-order chi connectivity index (χ0) is 15.1. The molecule has 0 N–H and O–H groups in total. The molecular formula is C17H16ClNOS. The Hall–Kier alpha value is -1.76. The standard InChI is InChI=1S/C17H16ClNOS/c1-2-3-10-20-14-8-6-13(7-9-14)17(18)15(12-19)16-5-4-11-21-16/h4-9,11H,2-3,10H2,1H3. The smallest absolute Gasteiger partial charge is 0.119 e. The molecule has 0 fully saturated rings. The predicted octanol–water partition coefficient (Wildman–Crippen LogP) is 5.56. The summed E-state index contributed by atoms with van der Waals surface area (Å²) in [6, 6.07) is 13.5. The summed E-state index contributed by atoms with van der Waals surface area (Å²) in [7, 11) is 0. The number of thiophene rings is 1. The van der Waals surface area contributed by atoms with Gasteiger partial charge in [-0.05, 0) is 47.7 Å². The van der Waals surface area contributed by atoms with Gasteiger partial charge < -0.3 is 4.74 Å². The van der Waals surface area contributed by atoms with Crippen molar-refractivity contribution >= 4 is 33.5 Å². The van der Waals surface area contributed by atoms with E-state index in [1.165, 1.54) is 11.3 Å². The second-order valence-corrected chi connectivity index (χ2v) is 5.83. The summed E-state index contributed by atoms with van der Waals surface area (Å²) in [6.45, 7) is 2.85. The van der Waals surface area contributed by atoms with E-state index in [2.05, 4.69) is 13.0 Å². The fourth-order valence-electron chi connectivity index (χ4n) is 1.81. The molecule has 108 valence electrons. The Morgan fingerprint density at radius 2 is 2.05 bits per heavy atom. The summed E-state index contributed by atoms with van der Waals surface area (Å²) in [5.74, 6) is 0.825. The molecule has 0 aliphatic carbocycles. The Bertz CT molecular complexity index is 638. The van der Waals surface area contributed by atoms with E-state index in [1.54, 1.807) is 0 Å². The second-order valence-electron chi connectivity index (χ2n) is 4.50. The number of nitrogens with zero attached hydrogens (tertiary/aromatic N) is 1. The van der Waals surface area contributed by atoms with E-state index < -0.39 is 0 Å². The lowest BCUT2D eigenvalue weighted by Gasteiger charge is -2.07. The first-order chi connectivity index (χ1) is 10.3. The molecule has 2 nitrogen and oxygen atoms in total. The van der Waals surface area contributed by atoms with Gasteiger partial charge in [0.05, 0.1) is 17.2 Å². The molecule has 1 heterocycles. The molecule has 1 aromatic heterocycles. The second kappa shape index (κ2) is 7.87. The van der Waals surface area contributed by atoms with Gasteiger partial charge in [0.25, 0.3) is 0 Å². The van der Waals surface area contributed by atoms with Crippen molar-refractivity contribution in [3.8, 4) is 11.8 Å². The molecule has 0 saturated heterocycles. The van der Waals surface area contributed by atoms with E-state index >= 15 is 0 Å². The van der Waals surface area contributed by atoms with Gasteiger partial charge >= 0.3 is 0 Å². The average molecular weight is 318 g/mol. The van der Waals surface area contributed by atoms with Crippen molar-refractivity contribution in [3.05, 3.63) is 52.2 Å². The van der Waals surface area contributed by atoms with E-state index in [4.69, 9.17) is 16.3 Å². The van der Waals surface area contributed by atoms with Crippen LogP contribution in [0, 0.1) is 11.3 Å². The summed E-state index contributed by atoms with van der Waals surface area (Å²) < 4.78 is 5.62. The third kappa shape index (κ3) is 4.10. The summed E-state index contributed by atoms with van der Waals surface area (Å²) in [4.78, 5) is 0.880. The lowest BCUT2D eigenvalue weighted by Crippen LogP contribution is -1.96. The van der Waals surface area contributed by atoms with E-state index in [-0.39, 0.29) is 0 Å². The highest BCUT2D eigenvalue weighted by Gasteiger charge is 2.10. The number of benzene rings is 1. The van der Waals surface area contributed by atoms with Gasteiger partial charge in [0.15, 0.2) is 0 Å². The minimum Gasteiger partial charge on any atom is -0.494 e. The van der Waals surface area contributed by atoms with Crippen LogP contribution in [0.25, 0.3) is 10.6 Å². The Morgan fingerprint density at radius 1 is 1.29 bits per heavy atom. The Balaban J connectivity index is 2.19. The predicted molar refractivity (Wildman–Crippen MR) is 89.4 cm³/mol. The van der Waals surface area contributed by atoms with Crippen molar-refractivity contribution in [3.63, 3.8) is 0 Å². The molecule has 0 bridgehead atoms. The molecule has 0 unspecified atom stereocenters. The van der Waals surface area contributed by atoms with Crippen LogP contribution in [0.3, 0.4) is 0 Å². The van der Waals surface area contributed by atoms with Crippen LogP contribution < -0.4 is 4.74 Å². The quantitative estimate of drug-likeness (QED) is 0.516. The van der Waals surface area contributed by atoms with Crippen molar-refractivity contribution in [2.24, 2.45) is 0 Å². The van der Waals surface area contributed by atoms with Gasteiger partial charge in [-0.3, -0.25) is 0 Å². The monoisotopic (exact) mass is 317 g/mol. The first-order valence-electron chi connectivity index (χ1n) is 6.83. The van der Waals surface area contributed by atoms with Crippen molar-refractivity contribution in [2.45, 2.75) is 19.8 Å². The molecule has 2 rings (SSSR count). The number of ether oxygens (including phenoxy) is 1. The number of halogens is 1. The summed E-state index contributed by atoms with van der Waals surface area (Å²) in [6.07, 6.45) is 2.15. The molecule has 21 heavy (non-hydrogen) atoms. The highest BCUT2D eigenvalue weighted by Crippen LogP contribution is 2.32. The zero-order valence-corrected chi connectivity index (χ0v) is 13.4. The molecular weight excluding hydrogens is 302 g/mol. The maximum Gasteiger partial charge on any atom is 0.119 e. The molecule has 0 atom stereocenters. The number of allylic oxidation sites excluding steroid dienone is 1. The molecule has 0 spiro atoms. The summed E-state index contributed by atoms with van der Waals surface area (Å²) in [5.41, 5.74) is 1.33. The van der Waals surface area contributed by atoms with Crippen LogP contribution in [0.2, 0.25) is 0 Å². The maximum absolute atomic E-state index is 9.32. The van der Waals surface area contributed by atoms with Crippen LogP contribution in [-0.4, -0.2) is 6.61 Å². The van der Waals surface area contributed by atoms with Crippen molar-refractivity contribution in [1.29, 1.82) is 5.26 Å². The third-order valence-corrected chi connectivity index (χ3v) is 4.27. The molecule has 0 aliphatic heterocycles. The van der Waals surface area contributed by atoms with Gasteiger partial charge in [-0.1, -0.05) is 31.0 Å². The molecule has 0 saturated carbocycles. The van der Waals surface area contributed by atoms with E-state index in [0.29, 0.717) is 10.6 Å². The lowest BCUT2D eigenvalue weighted by molar-refractivity contribution is 0.309. The normalized spacial score (nSPS) is 11.7. The lowest BCUT2D eigenvalue weighted by atomic mass is 10.1. The van der Waals surface area contributed by atoms with E-state index in [0.717, 1.165) is 35.6 Å². The van der Waals surface area contributed by atoms with Gasteiger partial charge in [0, 0.05) is 4.88 Å². The highest BCUT2D eigenvalue weighted by molar-refractivity contribution is 7.11. The molecule has 4 heteroatoms. The number of unbranched alkanes of at least 4 members (excludes halogenated alkanes) is 1. The third-order valence-electron chi connectivity index (χ3n) is 2.97. The fourth-order valence-corrected chi connectivity index (χ4v) is 2.86. The van der Waals surface area contributed by atoms with Crippen LogP contribution in [0.1, 0.15) is 30.2 Å². The Morgan fingerprint density at radius 3 is 2.62 bits per heavy atom. The van der Waals surface area contributed by atoms with Crippen molar-refractivity contribution < 1.29 is 4.74 Å². The average Bonchev–Trinajstić information content (AvgIpc) is 3.03. The van der Waals surface area contributed by atoms with Crippen LogP contribution in [-0.2, 0) is 0 Å². The minimum absolute atomic E-state index is 0.472. The van der Waals surface area contributed by atoms with Gasteiger partial charge in [0.1, 0.15) is 11.8 Å². The van der Waals surface area contributed by atoms with Crippen LogP contribution >= 0.6 is 22.9 Å². The van der Waals surface area contributed by atoms with Crippen LogP contribution in [0.4, 0.5) is 0 Å². The first-order valence-corrected chi connectivity index (χ1v) is 8.09. The van der Waals surface area contributed by atoms with E-state index in [1.807, 2.05) is 41.8 Å². The van der Waals surface area contributed by atoms with Crippen molar-refractivity contribution in [1.82, 2.24) is 0 Å². The SMILES string of the molecule is CCCCOc1ccc(C(Cl)=C(C#N)c2cccs2)cc1. The molecule has 1 aromatic carbocycles. The molecule has 0 radical (unpaired) electrons. The van der Waals surface area contributed by atoms with Gasteiger partial charge in [0.2, 0.25) is 0 Å². The van der Waals surface area contributed by atoms with Gasteiger partial charge in [-0.2, -0.15) is 5.26 Å². The van der Waals surface area contributed by atoms with Crippen LogP contribution in [0.15, 0.2) is 41.8 Å². The topological polar surface area (TPSA) is 33.0 Å². The largest absolute Gasteiger partial charge is 0.494 e. The summed E-state index contributed by atoms with van der Waals surface area (Å²) in [5, 5.41) is 11.7. The summed E-state index contributed by atoms with van der Waals surface area (Å²) >= 11 is 7.87. The maximum atomic E-state index is 9.32. The fraction of sp³-hybridized carbons (Fsp3) is 0.235. The van der Waals surface area contributed by atoms with Gasteiger partial charge in [-0.25, -0.2) is 0 Å². The van der Waals surface area contributed by atoms with Crippen molar-refractivity contribution in [2.75, 3.05) is 6.61 Å². The number of hydrogen-bond donors (Lipinski definition) is 0.